The number of nitrogen functional groups attached to an aromatic ring is 1. The van der Waals surface area contributed by atoms with E-state index < -0.39 is 0 Å². The molecule has 0 radical (unpaired) electrons. The van der Waals surface area contributed by atoms with Crippen LogP contribution in [0.1, 0.15) is 50.3 Å². The van der Waals surface area contributed by atoms with Gasteiger partial charge in [-0.05, 0) is 38.0 Å². The molecule has 164 valence electrons. The molecule has 5 nitrogen and oxygen atoms in total. The summed E-state index contributed by atoms with van der Waals surface area (Å²) in [5, 5.41) is 2.96. The number of rotatable bonds is 10. The Bertz CT molecular complexity index is 1010. The fraction of sp³-hybridized carbons (Fsp3) is 0.360. The third-order valence-electron chi connectivity index (χ3n) is 5.35. The summed E-state index contributed by atoms with van der Waals surface area (Å²) in [4.78, 5) is 17.5. The lowest BCUT2D eigenvalue weighted by atomic mass is 10.0. The molecule has 3 aromatic rings. The summed E-state index contributed by atoms with van der Waals surface area (Å²) in [6, 6.07) is 15.8. The van der Waals surface area contributed by atoms with E-state index in [2.05, 4.69) is 33.2 Å². The summed E-state index contributed by atoms with van der Waals surface area (Å²) in [5.41, 5.74) is 11.1. The van der Waals surface area contributed by atoms with Gasteiger partial charge in [0.15, 0.2) is 0 Å². The molecule has 0 aliphatic rings. The smallest absolute Gasteiger partial charge is 0.244 e. The summed E-state index contributed by atoms with van der Waals surface area (Å²) in [5.74, 6) is 0.240. The molecule has 0 fully saturated rings. The van der Waals surface area contributed by atoms with Crippen LogP contribution in [-0.4, -0.2) is 15.5 Å². The number of carbonyl (C=O) groups is 1. The van der Waals surface area contributed by atoms with Crippen LogP contribution in [0.15, 0.2) is 53.0 Å². The van der Waals surface area contributed by atoms with E-state index in [0.29, 0.717) is 5.95 Å². The number of carbonyl (C=O) groups excluding carboxylic acids is 1. The van der Waals surface area contributed by atoms with Gasteiger partial charge in [0.05, 0.1) is 11.4 Å². The fourth-order valence-corrected chi connectivity index (χ4v) is 4.16. The van der Waals surface area contributed by atoms with Crippen molar-refractivity contribution in [2.75, 3.05) is 11.1 Å². The van der Waals surface area contributed by atoms with Crippen molar-refractivity contribution in [3.8, 4) is 11.3 Å². The minimum atomic E-state index is -0.129. The molecule has 1 aromatic heterocycles. The van der Waals surface area contributed by atoms with E-state index in [1.807, 2.05) is 60.0 Å². The highest BCUT2D eigenvalue weighted by Crippen LogP contribution is 2.33. The molecule has 3 N–H and O–H groups in total. The minimum absolute atomic E-state index is 0.110. The number of nitrogens with zero attached hydrogens (tertiary/aromatic N) is 2. The van der Waals surface area contributed by atoms with Gasteiger partial charge in [-0.3, -0.25) is 4.79 Å². The Balaban J connectivity index is 1.85. The average Bonchev–Trinajstić information content (AvgIpc) is 3.05. The zero-order valence-electron chi connectivity index (χ0n) is 18.3. The second kappa shape index (κ2) is 11.1. The van der Waals surface area contributed by atoms with Gasteiger partial charge in [0, 0.05) is 15.7 Å². The monoisotopic (exact) mass is 482 g/mol. The van der Waals surface area contributed by atoms with Gasteiger partial charge in [-0.25, -0.2) is 4.98 Å². The lowest BCUT2D eigenvalue weighted by Crippen LogP contribution is -2.20. The topological polar surface area (TPSA) is 72.9 Å². The number of nitrogens with one attached hydrogen (secondary N) is 1. The number of hydrogen-bond acceptors (Lipinski definition) is 3. The van der Waals surface area contributed by atoms with E-state index in [1.54, 1.807) is 0 Å². The summed E-state index contributed by atoms with van der Waals surface area (Å²) in [6.07, 6.45) is 6.79. The molecule has 0 unspecified atom stereocenters. The number of anilines is 2. The largest absolute Gasteiger partial charge is 0.369 e. The van der Waals surface area contributed by atoms with Crippen LogP contribution in [0.2, 0.25) is 0 Å². The standard InChI is InChI=1S/C25H31BrN4O/c1-3-4-5-6-7-12-22-24(20-10-8-9-11-21(20)26)30(25(27)29-22)17-23(31)28-19-15-13-18(2)14-16-19/h8-11,13-16H,3-7,12,17H2,1-2H3,(H2,27,29)(H,28,31). The molecule has 0 saturated carbocycles. The molecule has 1 heterocycles. The Kier molecular flexibility index (Phi) is 8.29. The number of aromatic nitrogens is 2. The van der Waals surface area contributed by atoms with E-state index >= 15 is 0 Å². The Labute approximate surface area is 193 Å². The maximum atomic E-state index is 12.8. The first-order chi connectivity index (χ1) is 15.0. The third kappa shape index (κ3) is 6.20. The number of halogens is 1. The number of imidazole rings is 1. The van der Waals surface area contributed by atoms with Crippen molar-refractivity contribution in [1.29, 1.82) is 0 Å². The Hall–Kier alpha value is -2.60. The summed E-state index contributed by atoms with van der Waals surface area (Å²) in [7, 11) is 0. The van der Waals surface area contributed by atoms with Crippen LogP contribution in [0.25, 0.3) is 11.3 Å². The Morgan fingerprint density at radius 3 is 2.48 bits per heavy atom. The van der Waals surface area contributed by atoms with Crippen LogP contribution < -0.4 is 11.1 Å². The van der Waals surface area contributed by atoms with Crippen molar-refractivity contribution in [3.63, 3.8) is 0 Å². The highest BCUT2D eigenvalue weighted by atomic mass is 79.9. The zero-order chi connectivity index (χ0) is 22.2. The number of unbranched alkanes of at least 4 members (excludes halogenated alkanes) is 4. The van der Waals surface area contributed by atoms with Gasteiger partial charge >= 0.3 is 0 Å². The molecule has 31 heavy (non-hydrogen) atoms. The van der Waals surface area contributed by atoms with Crippen molar-refractivity contribution in [1.82, 2.24) is 9.55 Å². The average molecular weight is 483 g/mol. The van der Waals surface area contributed by atoms with Gasteiger partial charge in [-0.2, -0.15) is 0 Å². The lowest BCUT2D eigenvalue weighted by molar-refractivity contribution is -0.116. The summed E-state index contributed by atoms with van der Waals surface area (Å²) < 4.78 is 2.78. The highest BCUT2D eigenvalue weighted by Gasteiger charge is 2.20. The van der Waals surface area contributed by atoms with Crippen LogP contribution in [0, 0.1) is 6.92 Å². The molecule has 0 atom stereocenters. The molecule has 6 heteroatoms. The molecular formula is C25H31BrN4O. The van der Waals surface area contributed by atoms with Crippen molar-refractivity contribution in [3.05, 3.63) is 64.3 Å². The van der Waals surface area contributed by atoms with Crippen molar-refractivity contribution >= 4 is 33.5 Å². The Morgan fingerprint density at radius 1 is 1.06 bits per heavy atom. The van der Waals surface area contributed by atoms with Crippen LogP contribution >= 0.6 is 15.9 Å². The Morgan fingerprint density at radius 2 is 1.77 bits per heavy atom. The first kappa shape index (κ1) is 23.1. The van der Waals surface area contributed by atoms with Crippen LogP contribution in [0.3, 0.4) is 0 Å². The molecule has 2 aromatic carbocycles. The molecule has 0 saturated heterocycles. The molecule has 1 amide bonds. The second-order valence-electron chi connectivity index (χ2n) is 7.91. The molecule has 0 spiro atoms. The SMILES string of the molecule is CCCCCCCc1nc(N)n(CC(=O)Nc2ccc(C)cc2)c1-c1ccccc1Br. The van der Waals surface area contributed by atoms with Gasteiger partial charge in [0.25, 0.3) is 0 Å². The molecule has 0 aliphatic heterocycles. The van der Waals surface area contributed by atoms with Gasteiger partial charge in [-0.1, -0.05) is 84.4 Å². The second-order valence-corrected chi connectivity index (χ2v) is 8.76. The number of amides is 1. The van der Waals surface area contributed by atoms with Crippen LogP contribution in [-0.2, 0) is 17.8 Å². The number of nitrogens with two attached hydrogens (primary N) is 1. The van der Waals surface area contributed by atoms with E-state index in [0.717, 1.165) is 45.5 Å². The maximum Gasteiger partial charge on any atom is 0.244 e. The zero-order valence-corrected chi connectivity index (χ0v) is 19.9. The normalized spacial score (nSPS) is 10.9. The summed E-state index contributed by atoms with van der Waals surface area (Å²) >= 11 is 3.66. The minimum Gasteiger partial charge on any atom is -0.369 e. The van der Waals surface area contributed by atoms with Gasteiger partial charge in [-0.15, -0.1) is 0 Å². The quantitative estimate of drug-likeness (QED) is 0.330. The van der Waals surface area contributed by atoms with E-state index in [4.69, 9.17) is 5.73 Å². The molecule has 3 rings (SSSR count). The summed E-state index contributed by atoms with van der Waals surface area (Å²) in [6.45, 7) is 4.35. The number of aryl methyl sites for hydroxylation is 2. The maximum absolute atomic E-state index is 12.8. The molecule has 0 bridgehead atoms. The third-order valence-corrected chi connectivity index (χ3v) is 6.04. The van der Waals surface area contributed by atoms with Crippen molar-refractivity contribution in [2.24, 2.45) is 0 Å². The first-order valence-electron chi connectivity index (χ1n) is 11.0. The number of benzene rings is 2. The fourth-order valence-electron chi connectivity index (χ4n) is 3.69. The van der Waals surface area contributed by atoms with Gasteiger partial charge in [0.2, 0.25) is 11.9 Å². The predicted octanol–water partition coefficient (Wildman–Crippen LogP) is 6.35. The van der Waals surface area contributed by atoms with Crippen LogP contribution in [0.4, 0.5) is 11.6 Å². The first-order valence-corrected chi connectivity index (χ1v) is 11.7. The van der Waals surface area contributed by atoms with E-state index in [-0.39, 0.29) is 12.5 Å². The van der Waals surface area contributed by atoms with E-state index in [9.17, 15) is 4.79 Å². The van der Waals surface area contributed by atoms with Crippen molar-refractivity contribution < 1.29 is 4.79 Å². The van der Waals surface area contributed by atoms with Crippen LogP contribution in [0.5, 0.6) is 0 Å². The van der Waals surface area contributed by atoms with E-state index in [1.165, 1.54) is 25.7 Å². The van der Waals surface area contributed by atoms with Gasteiger partial charge in [0.1, 0.15) is 6.54 Å². The highest BCUT2D eigenvalue weighted by molar-refractivity contribution is 9.10. The van der Waals surface area contributed by atoms with Gasteiger partial charge < -0.3 is 15.6 Å². The lowest BCUT2D eigenvalue weighted by Gasteiger charge is -2.13. The number of hydrogen-bond donors (Lipinski definition) is 2. The predicted molar refractivity (Wildman–Crippen MR) is 132 cm³/mol. The molecular weight excluding hydrogens is 452 g/mol. The molecule has 0 aliphatic carbocycles. The van der Waals surface area contributed by atoms with Crippen molar-refractivity contribution in [2.45, 2.75) is 58.9 Å².